The molecule has 0 bridgehead atoms. The van der Waals surface area contributed by atoms with E-state index in [1.54, 1.807) is 17.5 Å². The Morgan fingerprint density at radius 1 is 1.03 bits per heavy atom. The van der Waals surface area contributed by atoms with Crippen LogP contribution in [0.2, 0.25) is 0 Å². The summed E-state index contributed by atoms with van der Waals surface area (Å²) in [6.07, 6.45) is 5.60. The molecule has 4 aromatic heterocycles. The fourth-order valence-electron chi connectivity index (χ4n) is 3.52. The summed E-state index contributed by atoms with van der Waals surface area (Å²) in [5.41, 5.74) is 9.48. The van der Waals surface area contributed by atoms with Gasteiger partial charge in [-0.1, -0.05) is 30.3 Å². The van der Waals surface area contributed by atoms with E-state index in [9.17, 15) is 0 Å². The minimum absolute atomic E-state index is 0.285. The average Bonchev–Trinajstić information content (AvgIpc) is 3.46. The SMILES string of the molecule is CC(C)n1ccc(-c2sc3nc(-c4nccn4C)nc(N)c3c2-c2ccccc2)n1. The summed E-state index contributed by atoms with van der Waals surface area (Å²) in [4.78, 5) is 15.7. The van der Waals surface area contributed by atoms with Crippen LogP contribution in [0.25, 0.3) is 43.6 Å². The van der Waals surface area contributed by atoms with Crippen LogP contribution in [-0.2, 0) is 7.05 Å². The second-order valence-corrected chi connectivity index (χ2v) is 8.42. The zero-order chi connectivity index (χ0) is 20.8. The van der Waals surface area contributed by atoms with E-state index in [-0.39, 0.29) is 6.04 Å². The zero-order valence-electron chi connectivity index (χ0n) is 16.9. The Morgan fingerprint density at radius 2 is 1.83 bits per heavy atom. The van der Waals surface area contributed by atoms with Crippen LogP contribution < -0.4 is 5.73 Å². The molecule has 0 atom stereocenters. The molecule has 30 heavy (non-hydrogen) atoms. The highest BCUT2D eigenvalue weighted by Gasteiger charge is 2.23. The van der Waals surface area contributed by atoms with Crippen LogP contribution in [0.15, 0.2) is 55.0 Å². The number of aromatic nitrogens is 6. The van der Waals surface area contributed by atoms with Crippen LogP contribution in [0.4, 0.5) is 5.82 Å². The van der Waals surface area contributed by atoms with Crippen LogP contribution in [0, 0.1) is 0 Å². The fraction of sp³-hybridized carbons (Fsp3) is 0.182. The normalized spacial score (nSPS) is 11.6. The second kappa shape index (κ2) is 7.07. The van der Waals surface area contributed by atoms with Gasteiger partial charge in [0.25, 0.3) is 0 Å². The summed E-state index contributed by atoms with van der Waals surface area (Å²) < 4.78 is 3.85. The minimum atomic E-state index is 0.285. The number of rotatable bonds is 4. The van der Waals surface area contributed by atoms with Gasteiger partial charge in [0, 0.05) is 37.2 Å². The van der Waals surface area contributed by atoms with Crippen LogP contribution in [0.5, 0.6) is 0 Å². The molecule has 0 radical (unpaired) electrons. The largest absolute Gasteiger partial charge is 0.383 e. The molecule has 0 aliphatic carbocycles. The summed E-state index contributed by atoms with van der Waals surface area (Å²) in [5, 5.41) is 5.66. The van der Waals surface area contributed by atoms with Gasteiger partial charge in [0.05, 0.1) is 10.3 Å². The smallest absolute Gasteiger partial charge is 0.199 e. The quantitative estimate of drug-likeness (QED) is 0.456. The predicted octanol–water partition coefficient (Wildman–Crippen LogP) is 4.79. The van der Waals surface area contributed by atoms with Crippen molar-refractivity contribution < 1.29 is 0 Å². The Bertz CT molecular complexity index is 1340. The van der Waals surface area contributed by atoms with Crippen LogP contribution in [0.1, 0.15) is 19.9 Å². The maximum Gasteiger partial charge on any atom is 0.199 e. The van der Waals surface area contributed by atoms with E-state index < -0.39 is 0 Å². The van der Waals surface area contributed by atoms with Gasteiger partial charge >= 0.3 is 0 Å². The maximum absolute atomic E-state index is 6.49. The standard InChI is InChI=1S/C22H21N7S/c1-13(2)29-11-9-15(27-29)18-16(14-7-5-4-6-8-14)17-19(23)25-20(26-22(17)30-18)21-24-10-12-28(21)3/h4-13H,1-3H3,(H2,23,25,26). The Hall–Kier alpha value is -3.52. The van der Waals surface area contributed by atoms with Crippen molar-refractivity contribution in [3.05, 3.63) is 55.0 Å². The van der Waals surface area contributed by atoms with E-state index in [4.69, 9.17) is 15.8 Å². The lowest BCUT2D eigenvalue weighted by Crippen LogP contribution is -2.01. The number of aryl methyl sites for hydroxylation is 1. The first-order valence-corrected chi connectivity index (χ1v) is 10.5. The van der Waals surface area contributed by atoms with Gasteiger partial charge < -0.3 is 10.3 Å². The first-order chi connectivity index (χ1) is 14.5. The van der Waals surface area contributed by atoms with Gasteiger partial charge in [0.1, 0.15) is 16.3 Å². The third-order valence-corrected chi connectivity index (χ3v) is 6.14. The number of hydrogen-bond acceptors (Lipinski definition) is 6. The number of nitrogen functional groups attached to an aromatic ring is 1. The van der Waals surface area contributed by atoms with Crippen molar-refractivity contribution in [1.29, 1.82) is 0 Å². The summed E-state index contributed by atoms with van der Waals surface area (Å²) in [7, 11) is 1.92. The van der Waals surface area contributed by atoms with E-state index in [0.717, 1.165) is 31.9 Å². The molecule has 0 amide bonds. The molecular weight excluding hydrogens is 394 g/mol. The van der Waals surface area contributed by atoms with E-state index in [0.29, 0.717) is 17.5 Å². The highest BCUT2D eigenvalue weighted by molar-refractivity contribution is 7.22. The fourth-order valence-corrected chi connectivity index (χ4v) is 4.68. The van der Waals surface area contributed by atoms with Crippen molar-refractivity contribution in [1.82, 2.24) is 29.3 Å². The number of nitrogens with two attached hydrogens (primary N) is 1. The average molecular weight is 416 g/mol. The first kappa shape index (κ1) is 18.5. The lowest BCUT2D eigenvalue weighted by atomic mass is 10.0. The minimum Gasteiger partial charge on any atom is -0.383 e. The van der Waals surface area contributed by atoms with Gasteiger partial charge in [0.15, 0.2) is 11.6 Å². The molecule has 2 N–H and O–H groups in total. The van der Waals surface area contributed by atoms with Crippen molar-refractivity contribution in [3.8, 4) is 33.3 Å². The molecule has 4 heterocycles. The monoisotopic (exact) mass is 415 g/mol. The Labute approximate surface area is 177 Å². The molecule has 1 aromatic carbocycles. The molecule has 150 valence electrons. The molecule has 0 spiro atoms. The maximum atomic E-state index is 6.49. The number of nitrogens with zero attached hydrogens (tertiary/aromatic N) is 6. The predicted molar refractivity (Wildman–Crippen MR) is 121 cm³/mol. The van der Waals surface area contributed by atoms with Crippen LogP contribution in [-0.4, -0.2) is 29.3 Å². The lowest BCUT2D eigenvalue weighted by molar-refractivity contribution is 0.534. The van der Waals surface area contributed by atoms with Crippen molar-refractivity contribution >= 4 is 27.4 Å². The summed E-state index contributed by atoms with van der Waals surface area (Å²) in [6.45, 7) is 4.23. The van der Waals surface area contributed by atoms with Crippen LogP contribution >= 0.6 is 11.3 Å². The van der Waals surface area contributed by atoms with Gasteiger partial charge in [-0.25, -0.2) is 15.0 Å². The topological polar surface area (TPSA) is 87.4 Å². The molecule has 5 aromatic rings. The second-order valence-electron chi connectivity index (χ2n) is 7.42. The van der Waals surface area contributed by atoms with E-state index >= 15 is 0 Å². The van der Waals surface area contributed by atoms with Gasteiger partial charge in [-0.05, 0) is 25.5 Å². The summed E-state index contributed by atoms with van der Waals surface area (Å²) in [6, 6.07) is 12.5. The molecule has 5 rings (SSSR count). The van der Waals surface area contributed by atoms with Gasteiger partial charge in [-0.2, -0.15) is 5.10 Å². The van der Waals surface area contributed by atoms with Gasteiger partial charge in [0.2, 0.25) is 0 Å². The van der Waals surface area contributed by atoms with Gasteiger partial charge in [-0.15, -0.1) is 11.3 Å². The van der Waals surface area contributed by atoms with Gasteiger partial charge in [-0.3, -0.25) is 4.68 Å². The Balaban J connectivity index is 1.80. The number of anilines is 1. The Morgan fingerprint density at radius 3 is 2.50 bits per heavy atom. The number of benzene rings is 1. The highest BCUT2D eigenvalue weighted by atomic mass is 32.1. The van der Waals surface area contributed by atoms with E-state index in [2.05, 4.69) is 35.9 Å². The van der Waals surface area contributed by atoms with Crippen LogP contribution in [0.3, 0.4) is 0 Å². The third kappa shape index (κ3) is 2.96. The third-order valence-electron chi connectivity index (χ3n) is 5.03. The molecule has 0 unspecified atom stereocenters. The van der Waals surface area contributed by atoms with Crippen molar-refractivity contribution in [2.45, 2.75) is 19.9 Å². The molecule has 0 saturated heterocycles. The van der Waals surface area contributed by atoms with E-state index in [1.165, 1.54) is 0 Å². The molecule has 7 nitrogen and oxygen atoms in total. The van der Waals surface area contributed by atoms with Crippen molar-refractivity contribution in [2.75, 3.05) is 5.73 Å². The summed E-state index contributed by atoms with van der Waals surface area (Å²) >= 11 is 1.58. The van der Waals surface area contributed by atoms with Crippen molar-refractivity contribution in [3.63, 3.8) is 0 Å². The lowest BCUT2D eigenvalue weighted by Gasteiger charge is -2.07. The van der Waals surface area contributed by atoms with E-state index in [1.807, 2.05) is 53.0 Å². The molecular formula is C22H21N7S. The molecule has 0 aliphatic rings. The highest BCUT2D eigenvalue weighted by Crippen LogP contribution is 2.45. The number of thiophene rings is 1. The zero-order valence-corrected chi connectivity index (χ0v) is 17.8. The molecule has 0 aliphatic heterocycles. The molecule has 0 saturated carbocycles. The van der Waals surface area contributed by atoms with Crippen molar-refractivity contribution in [2.24, 2.45) is 7.05 Å². The number of fused-ring (bicyclic) bond motifs is 1. The first-order valence-electron chi connectivity index (χ1n) is 9.71. The number of imidazole rings is 1. The molecule has 8 heteroatoms. The molecule has 0 fully saturated rings. The summed E-state index contributed by atoms with van der Waals surface area (Å²) in [5.74, 6) is 1.65. The number of hydrogen-bond donors (Lipinski definition) is 1. The Kier molecular flexibility index (Phi) is 4.36.